The number of hydrogen-bond acceptors (Lipinski definition) is 2. The number of carbonyl (C=O) groups is 1. The van der Waals surface area contributed by atoms with Crippen molar-refractivity contribution in [1.82, 2.24) is 4.90 Å². The molecule has 0 atom stereocenters. The van der Waals surface area contributed by atoms with E-state index in [1.165, 1.54) is 5.57 Å². The number of rotatable bonds is 3. The van der Waals surface area contributed by atoms with E-state index in [1.807, 2.05) is 4.90 Å². The van der Waals surface area contributed by atoms with Crippen LogP contribution in [-0.2, 0) is 9.53 Å². The molecule has 0 aromatic rings. The maximum atomic E-state index is 11.8. The molecule has 0 aliphatic carbocycles. The minimum atomic E-state index is -1.30. The second kappa shape index (κ2) is 6.77. The fourth-order valence-electron chi connectivity index (χ4n) is 1.62. The van der Waals surface area contributed by atoms with Gasteiger partial charge in [-0.05, 0) is 6.42 Å². The summed E-state index contributed by atoms with van der Waals surface area (Å²) >= 11 is 0. The van der Waals surface area contributed by atoms with Gasteiger partial charge >= 0.3 is 0 Å². The third-order valence-electron chi connectivity index (χ3n) is 2.68. The average Bonchev–Trinajstić information content (AvgIpc) is 2.33. The maximum absolute atomic E-state index is 11.8. The van der Waals surface area contributed by atoms with Gasteiger partial charge in [0.05, 0.1) is 13.0 Å². The smallest absolute Gasteiger partial charge is 0.225 e. The summed E-state index contributed by atoms with van der Waals surface area (Å²) in [5, 5.41) is 0. The maximum Gasteiger partial charge on any atom is 0.225 e. The monoisotopic (exact) mass is 265 g/mol. The Kier molecular flexibility index (Phi) is 5.64. The Morgan fingerprint density at radius 1 is 1.50 bits per heavy atom. The molecular formula is C14H23NO2Si. The van der Waals surface area contributed by atoms with Crippen molar-refractivity contribution < 1.29 is 9.53 Å². The van der Waals surface area contributed by atoms with E-state index >= 15 is 0 Å². The molecule has 0 radical (unpaired) electrons. The van der Waals surface area contributed by atoms with Crippen molar-refractivity contribution in [3.63, 3.8) is 0 Å². The fraction of sp³-hybridized carbons (Fsp3) is 0.643. The van der Waals surface area contributed by atoms with Crippen LogP contribution in [0.5, 0.6) is 0 Å². The molecule has 0 bridgehead atoms. The number of amides is 1. The highest BCUT2D eigenvalue weighted by molar-refractivity contribution is 6.83. The number of carbonyl (C=O) groups excluding carboxylic acids is 1. The van der Waals surface area contributed by atoms with Crippen LogP contribution in [0.3, 0.4) is 0 Å². The van der Waals surface area contributed by atoms with E-state index in [0.29, 0.717) is 19.6 Å². The quantitative estimate of drug-likeness (QED) is 0.577. The SMILES string of the molecule is COCCC(=O)N1CC=C(C#C[Si](C)(C)C)CC1. The number of methoxy groups -OCH3 is 1. The average molecular weight is 265 g/mol. The van der Waals surface area contributed by atoms with Gasteiger partial charge in [0.1, 0.15) is 8.07 Å². The van der Waals surface area contributed by atoms with Crippen LogP contribution in [0.1, 0.15) is 12.8 Å². The lowest BCUT2D eigenvalue weighted by molar-refractivity contribution is -0.131. The largest absolute Gasteiger partial charge is 0.384 e. The van der Waals surface area contributed by atoms with Crippen LogP contribution in [0.4, 0.5) is 0 Å². The van der Waals surface area contributed by atoms with Gasteiger partial charge in [-0.3, -0.25) is 4.79 Å². The molecule has 0 saturated heterocycles. The van der Waals surface area contributed by atoms with Crippen molar-refractivity contribution in [2.75, 3.05) is 26.8 Å². The van der Waals surface area contributed by atoms with Crippen molar-refractivity contribution in [1.29, 1.82) is 0 Å². The molecule has 0 unspecified atom stereocenters. The Balaban J connectivity index is 2.50. The second-order valence-corrected chi connectivity index (χ2v) is 10.3. The van der Waals surface area contributed by atoms with Crippen molar-refractivity contribution in [2.24, 2.45) is 0 Å². The van der Waals surface area contributed by atoms with Crippen molar-refractivity contribution in [3.05, 3.63) is 11.6 Å². The van der Waals surface area contributed by atoms with Crippen LogP contribution < -0.4 is 0 Å². The zero-order chi connectivity index (χ0) is 13.6. The first kappa shape index (κ1) is 15.0. The molecule has 1 amide bonds. The highest BCUT2D eigenvalue weighted by atomic mass is 28.3. The van der Waals surface area contributed by atoms with E-state index in [9.17, 15) is 4.79 Å². The molecule has 100 valence electrons. The summed E-state index contributed by atoms with van der Waals surface area (Å²) in [5.74, 6) is 3.45. The van der Waals surface area contributed by atoms with Crippen LogP contribution in [0.25, 0.3) is 0 Å². The van der Waals surface area contributed by atoms with Gasteiger partial charge in [0.2, 0.25) is 5.91 Å². The van der Waals surface area contributed by atoms with E-state index < -0.39 is 8.07 Å². The molecule has 1 rings (SSSR count). The van der Waals surface area contributed by atoms with Crippen molar-refractivity contribution >= 4 is 14.0 Å². The highest BCUT2D eigenvalue weighted by Crippen LogP contribution is 2.11. The lowest BCUT2D eigenvalue weighted by Crippen LogP contribution is -2.35. The van der Waals surface area contributed by atoms with Gasteiger partial charge in [-0.1, -0.05) is 31.6 Å². The van der Waals surface area contributed by atoms with E-state index in [1.54, 1.807) is 7.11 Å². The predicted octanol–water partition coefficient (Wildman–Crippen LogP) is 2.06. The van der Waals surface area contributed by atoms with Gasteiger partial charge in [-0.15, -0.1) is 5.54 Å². The van der Waals surface area contributed by atoms with E-state index in [4.69, 9.17) is 4.74 Å². The molecule has 0 fully saturated rings. The normalized spacial score (nSPS) is 15.8. The van der Waals surface area contributed by atoms with Crippen LogP contribution in [0, 0.1) is 11.5 Å². The van der Waals surface area contributed by atoms with Crippen LogP contribution in [0.2, 0.25) is 19.6 Å². The van der Waals surface area contributed by atoms with E-state index in [0.717, 1.165) is 13.0 Å². The predicted molar refractivity (Wildman–Crippen MR) is 76.9 cm³/mol. The van der Waals surface area contributed by atoms with Gasteiger partial charge in [0.25, 0.3) is 0 Å². The standard InChI is InChI=1S/C14H23NO2Si/c1-17-11-7-14(16)15-9-5-13(6-10-15)8-12-18(2,3)4/h5H,6-7,9-11H2,1-4H3. The molecule has 0 aromatic carbocycles. The lowest BCUT2D eigenvalue weighted by atomic mass is 10.1. The fourth-order valence-corrected chi connectivity index (χ4v) is 2.16. The van der Waals surface area contributed by atoms with Gasteiger partial charge < -0.3 is 9.64 Å². The van der Waals surface area contributed by atoms with E-state index in [2.05, 4.69) is 37.2 Å². The van der Waals surface area contributed by atoms with Gasteiger partial charge in [0.15, 0.2) is 0 Å². The first-order valence-corrected chi connectivity index (χ1v) is 9.91. The number of nitrogens with zero attached hydrogens (tertiary/aromatic N) is 1. The van der Waals surface area contributed by atoms with Crippen LogP contribution >= 0.6 is 0 Å². The third-order valence-corrected chi connectivity index (χ3v) is 3.55. The van der Waals surface area contributed by atoms with Crippen molar-refractivity contribution in [2.45, 2.75) is 32.5 Å². The molecule has 0 saturated carbocycles. The van der Waals surface area contributed by atoms with Gasteiger partial charge in [-0.25, -0.2) is 0 Å². The second-order valence-electron chi connectivity index (χ2n) is 5.56. The Labute approximate surface area is 111 Å². The third kappa shape index (κ3) is 5.52. The van der Waals surface area contributed by atoms with Crippen LogP contribution in [-0.4, -0.2) is 45.7 Å². The lowest BCUT2D eigenvalue weighted by Gasteiger charge is -2.25. The van der Waals surface area contributed by atoms with Crippen LogP contribution in [0.15, 0.2) is 11.6 Å². The first-order valence-electron chi connectivity index (χ1n) is 6.41. The Hall–Kier alpha value is -1.05. The molecule has 18 heavy (non-hydrogen) atoms. The summed E-state index contributed by atoms with van der Waals surface area (Å²) in [6, 6.07) is 0. The number of hydrogen-bond donors (Lipinski definition) is 0. The summed E-state index contributed by atoms with van der Waals surface area (Å²) in [5.41, 5.74) is 4.56. The van der Waals surface area contributed by atoms with Gasteiger partial charge in [-0.2, -0.15) is 0 Å². The molecular weight excluding hydrogens is 242 g/mol. The minimum Gasteiger partial charge on any atom is -0.384 e. The number of ether oxygens (including phenoxy) is 1. The summed E-state index contributed by atoms with van der Waals surface area (Å²) in [6.45, 7) is 8.70. The van der Waals surface area contributed by atoms with E-state index in [-0.39, 0.29) is 5.91 Å². The molecule has 3 nitrogen and oxygen atoms in total. The first-order chi connectivity index (χ1) is 8.42. The highest BCUT2D eigenvalue weighted by Gasteiger charge is 2.16. The topological polar surface area (TPSA) is 29.5 Å². The summed E-state index contributed by atoms with van der Waals surface area (Å²) in [6.07, 6.45) is 3.44. The molecule has 4 heteroatoms. The molecule has 0 N–H and O–H groups in total. The summed E-state index contributed by atoms with van der Waals surface area (Å²) < 4.78 is 4.92. The Morgan fingerprint density at radius 2 is 2.22 bits per heavy atom. The molecule has 1 aliphatic rings. The molecule has 0 spiro atoms. The molecule has 0 aromatic heterocycles. The Morgan fingerprint density at radius 3 is 2.72 bits per heavy atom. The summed E-state index contributed by atoms with van der Waals surface area (Å²) in [7, 11) is 0.322. The zero-order valence-corrected chi connectivity index (χ0v) is 12.9. The molecule has 1 heterocycles. The van der Waals surface area contributed by atoms with Gasteiger partial charge in [0, 0.05) is 25.8 Å². The minimum absolute atomic E-state index is 0.172. The summed E-state index contributed by atoms with van der Waals surface area (Å²) in [4.78, 5) is 13.6. The zero-order valence-electron chi connectivity index (χ0n) is 11.9. The van der Waals surface area contributed by atoms with Crippen molar-refractivity contribution in [3.8, 4) is 11.5 Å². The molecule has 1 aliphatic heterocycles. The Bertz CT molecular complexity index is 385.